The Bertz CT molecular complexity index is 523. The van der Waals surface area contributed by atoms with Gasteiger partial charge in [0.25, 0.3) is 5.82 Å². The Balaban J connectivity index is 2.14. The van der Waals surface area contributed by atoms with Crippen LogP contribution in [0, 0.1) is 0 Å². The fourth-order valence-electron chi connectivity index (χ4n) is 1.72. The van der Waals surface area contributed by atoms with Gasteiger partial charge in [-0.1, -0.05) is 24.2 Å². The Labute approximate surface area is 108 Å². The molecule has 0 saturated carbocycles. The van der Waals surface area contributed by atoms with Crippen LogP contribution in [0.1, 0.15) is 18.3 Å². The minimum absolute atomic E-state index is 0.934. The Kier molecular flexibility index (Phi) is 3.77. The van der Waals surface area contributed by atoms with Gasteiger partial charge in [0.05, 0.1) is 6.21 Å². The molecule has 0 aliphatic heterocycles. The molecule has 0 aliphatic rings. The number of anilines is 1. The molecule has 2 aromatic rings. The molecule has 1 heterocycles. The first-order valence-electron chi connectivity index (χ1n) is 6.10. The van der Waals surface area contributed by atoms with Crippen molar-refractivity contribution in [2.45, 2.75) is 13.3 Å². The molecular formula is C14H19N4+. The van der Waals surface area contributed by atoms with Crippen molar-refractivity contribution in [2.75, 3.05) is 19.0 Å². The van der Waals surface area contributed by atoms with Gasteiger partial charge in [-0.05, 0) is 17.7 Å². The third kappa shape index (κ3) is 2.77. The van der Waals surface area contributed by atoms with E-state index in [-0.39, 0.29) is 0 Å². The zero-order chi connectivity index (χ0) is 13.0. The summed E-state index contributed by atoms with van der Waals surface area (Å²) in [6, 6.07) is 8.31. The number of aromatic nitrogens is 2. The van der Waals surface area contributed by atoms with E-state index in [4.69, 9.17) is 0 Å². The molecule has 2 rings (SSSR count). The Morgan fingerprint density at radius 1 is 1.28 bits per heavy atom. The number of hydrogen-bond donors (Lipinski definition) is 1. The normalized spacial score (nSPS) is 11.1. The second-order valence-electron chi connectivity index (χ2n) is 4.34. The van der Waals surface area contributed by atoms with E-state index in [0.29, 0.717) is 0 Å². The fraction of sp³-hybridized carbons (Fsp3) is 0.286. The molecule has 0 fully saturated rings. The van der Waals surface area contributed by atoms with Gasteiger partial charge < -0.3 is 4.90 Å². The van der Waals surface area contributed by atoms with Gasteiger partial charge in [0, 0.05) is 26.2 Å². The number of nitrogens with one attached hydrogen (secondary N) is 1. The van der Waals surface area contributed by atoms with Gasteiger partial charge in [0.1, 0.15) is 6.20 Å². The Hall–Kier alpha value is -2.10. The van der Waals surface area contributed by atoms with Crippen molar-refractivity contribution in [3.05, 3.63) is 48.0 Å². The molecule has 0 spiro atoms. The van der Waals surface area contributed by atoms with Crippen LogP contribution in [-0.2, 0) is 6.42 Å². The summed E-state index contributed by atoms with van der Waals surface area (Å²) in [7, 11) is 4.07. The predicted molar refractivity (Wildman–Crippen MR) is 74.1 cm³/mol. The lowest BCUT2D eigenvalue weighted by atomic mass is 10.2. The van der Waals surface area contributed by atoms with E-state index < -0.39 is 0 Å². The largest absolute Gasteiger partial charge is 0.378 e. The topological polar surface area (TPSA) is 35.3 Å². The summed E-state index contributed by atoms with van der Waals surface area (Å²) < 4.78 is 1.86. The lowest BCUT2D eigenvalue weighted by Gasteiger charge is -2.11. The second-order valence-corrected chi connectivity index (χ2v) is 4.34. The van der Waals surface area contributed by atoms with Gasteiger partial charge in [-0.2, -0.15) is 0 Å². The number of H-pyrrole nitrogens is 1. The fourth-order valence-corrected chi connectivity index (χ4v) is 1.72. The van der Waals surface area contributed by atoms with Crippen LogP contribution >= 0.6 is 0 Å². The average molecular weight is 243 g/mol. The Morgan fingerprint density at radius 3 is 2.61 bits per heavy atom. The molecule has 0 atom stereocenters. The maximum atomic E-state index is 4.43. The molecule has 4 heteroatoms. The maximum absolute atomic E-state index is 4.43. The number of imidazole rings is 1. The molecule has 1 N–H and O–H groups in total. The van der Waals surface area contributed by atoms with Crippen molar-refractivity contribution in [2.24, 2.45) is 5.10 Å². The number of nitrogens with zero attached hydrogens (tertiary/aromatic N) is 3. The number of benzene rings is 1. The molecule has 1 aromatic heterocycles. The first-order valence-corrected chi connectivity index (χ1v) is 6.10. The van der Waals surface area contributed by atoms with Crippen molar-refractivity contribution in [1.82, 2.24) is 4.98 Å². The highest BCUT2D eigenvalue weighted by Gasteiger charge is 2.05. The number of hydrogen-bond acceptors (Lipinski definition) is 2. The van der Waals surface area contributed by atoms with Crippen LogP contribution in [0.3, 0.4) is 0 Å². The minimum Gasteiger partial charge on any atom is -0.378 e. The third-order valence-corrected chi connectivity index (χ3v) is 2.82. The zero-order valence-electron chi connectivity index (χ0n) is 11.1. The van der Waals surface area contributed by atoms with Crippen LogP contribution in [0.5, 0.6) is 0 Å². The standard InChI is InChI=1S/C14H18N4/c1-4-14-15-9-10-18(14)16-11-12-5-7-13(8-6-12)17(2)3/h5-11H,4H2,1-3H3/p+1. The number of aromatic amines is 1. The minimum atomic E-state index is 0.934. The SMILES string of the molecule is CCc1[nH]cc[n+]1N=Cc1ccc(N(C)C)cc1. The Morgan fingerprint density at radius 2 is 2.00 bits per heavy atom. The lowest BCUT2D eigenvalue weighted by Crippen LogP contribution is -2.29. The molecule has 0 amide bonds. The summed E-state index contributed by atoms with van der Waals surface area (Å²) in [4.78, 5) is 5.24. The molecular weight excluding hydrogens is 224 g/mol. The second kappa shape index (κ2) is 5.49. The smallest absolute Gasteiger partial charge is 0.279 e. The molecule has 18 heavy (non-hydrogen) atoms. The van der Waals surface area contributed by atoms with Crippen LogP contribution in [0.15, 0.2) is 41.8 Å². The summed E-state index contributed by atoms with van der Waals surface area (Å²) in [5, 5.41) is 4.43. The summed E-state index contributed by atoms with van der Waals surface area (Å²) in [5.41, 5.74) is 2.28. The molecule has 4 nitrogen and oxygen atoms in total. The van der Waals surface area contributed by atoms with Crippen LogP contribution in [0.25, 0.3) is 0 Å². The first-order chi connectivity index (χ1) is 8.70. The van der Waals surface area contributed by atoms with Crippen molar-refractivity contribution in [3.8, 4) is 0 Å². The van der Waals surface area contributed by atoms with Crippen LogP contribution in [0.4, 0.5) is 5.69 Å². The molecule has 0 unspecified atom stereocenters. The third-order valence-electron chi connectivity index (χ3n) is 2.82. The number of aryl methyl sites for hydroxylation is 1. The van der Waals surface area contributed by atoms with Crippen molar-refractivity contribution < 1.29 is 4.68 Å². The summed E-state index contributed by atoms with van der Waals surface area (Å²) in [6.07, 6.45) is 6.62. The van der Waals surface area contributed by atoms with Crippen molar-refractivity contribution >= 4 is 11.9 Å². The van der Waals surface area contributed by atoms with Crippen LogP contribution < -0.4 is 9.58 Å². The zero-order valence-corrected chi connectivity index (χ0v) is 11.1. The summed E-state index contributed by atoms with van der Waals surface area (Å²) in [5.74, 6) is 1.09. The van der Waals surface area contributed by atoms with Crippen LogP contribution in [0.2, 0.25) is 0 Å². The molecule has 0 radical (unpaired) electrons. The highest BCUT2D eigenvalue weighted by atomic mass is 15.4. The van der Waals surface area contributed by atoms with E-state index in [1.54, 1.807) is 0 Å². The van der Waals surface area contributed by atoms with E-state index in [1.165, 1.54) is 5.69 Å². The molecule has 1 aromatic carbocycles. The van der Waals surface area contributed by atoms with E-state index in [9.17, 15) is 0 Å². The van der Waals surface area contributed by atoms with E-state index >= 15 is 0 Å². The maximum Gasteiger partial charge on any atom is 0.279 e. The predicted octanol–water partition coefficient (Wildman–Crippen LogP) is 1.81. The molecule has 94 valence electrons. The average Bonchev–Trinajstić information content (AvgIpc) is 2.84. The number of rotatable bonds is 4. The molecule has 0 aliphatic carbocycles. The quantitative estimate of drug-likeness (QED) is 0.645. The van der Waals surface area contributed by atoms with E-state index in [1.807, 2.05) is 37.4 Å². The first kappa shape index (κ1) is 12.4. The van der Waals surface area contributed by atoms with Crippen molar-refractivity contribution in [3.63, 3.8) is 0 Å². The molecule has 0 bridgehead atoms. The van der Waals surface area contributed by atoms with Gasteiger partial charge in [-0.25, -0.2) is 4.98 Å². The highest BCUT2D eigenvalue weighted by Crippen LogP contribution is 2.10. The van der Waals surface area contributed by atoms with Gasteiger partial charge in [-0.3, -0.25) is 0 Å². The van der Waals surface area contributed by atoms with Gasteiger partial charge in [-0.15, -0.1) is 4.68 Å². The highest BCUT2D eigenvalue weighted by molar-refractivity contribution is 5.79. The van der Waals surface area contributed by atoms with Crippen LogP contribution in [-0.4, -0.2) is 25.3 Å². The summed E-state index contributed by atoms with van der Waals surface area (Å²) >= 11 is 0. The van der Waals surface area contributed by atoms with Crippen molar-refractivity contribution in [1.29, 1.82) is 0 Å². The van der Waals surface area contributed by atoms with Gasteiger partial charge in [0.15, 0.2) is 6.20 Å². The van der Waals surface area contributed by atoms with E-state index in [0.717, 1.165) is 17.8 Å². The van der Waals surface area contributed by atoms with Gasteiger partial charge in [0.2, 0.25) is 0 Å². The van der Waals surface area contributed by atoms with Gasteiger partial charge >= 0.3 is 0 Å². The molecule has 0 saturated heterocycles. The lowest BCUT2D eigenvalue weighted by molar-refractivity contribution is -0.684. The van der Waals surface area contributed by atoms with E-state index in [2.05, 4.69) is 46.2 Å². The monoisotopic (exact) mass is 243 g/mol. The summed E-state index contributed by atoms with van der Waals surface area (Å²) in [6.45, 7) is 2.10.